The number of allylic oxidation sites excluding steroid dienone is 1. The number of aryl methyl sites for hydroxylation is 3. The molecule has 6 aromatic rings. The molecule has 316 valence electrons. The normalized spacial score (nSPS) is 19.5. The highest BCUT2D eigenvalue weighted by atomic mass is 16.3. The second-order valence-corrected chi connectivity index (χ2v) is 16.4. The van der Waals surface area contributed by atoms with Crippen molar-refractivity contribution in [2.24, 2.45) is 7.05 Å². The van der Waals surface area contributed by atoms with Gasteiger partial charge in [0, 0.05) is 57.2 Å². The van der Waals surface area contributed by atoms with E-state index in [4.69, 9.17) is 9.97 Å². The number of rotatable bonds is 13. The van der Waals surface area contributed by atoms with E-state index in [2.05, 4.69) is 50.2 Å². The van der Waals surface area contributed by atoms with Crippen LogP contribution < -0.4 is 26.8 Å². The molecule has 0 radical (unpaired) electrons. The fraction of sp³-hybridized carbons (Fsp3) is 0.400. The number of hydrogen-bond donors (Lipinski definition) is 3. The van der Waals surface area contributed by atoms with Gasteiger partial charge < -0.3 is 15.3 Å². The Morgan fingerprint density at radius 1 is 0.984 bits per heavy atom. The number of piperidine rings is 1. The van der Waals surface area contributed by atoms with Gasteiger partial charge in [-0.3, -0.25) is 33.7 Å². The Kier molecular flexibility index (Phi) is 10.7. The van der Waals surface area contributed by atoms with E-state index in [0.717, 1.165) is 91.9 Å². The quantitative estimate of drug-likeness (QED) is 0.0864. The highest BCUT2D eigenvalue weighted by molar-refractivity contribution is 6.00. The van der Waals surface area contributed by atoms with E-state index < -0.39 is 17.6 Å². The largest absolute Gasteiger partial charge is 0.384 e. The predicted octanol–water partition coefficient (Wildman–Crippen LogP) is 4.23. The number of fused-ring (bicyclic) bond motifs is 3. The van der Waals surface area contributed by atoms with Gasteiger partial charge in [0.2, 0.25) is 17.8 Å². The van der Waals surface area contributed by atoms with E-state index in [9.17, 15) is 24.3 Å². The zero-order valence-corrected chi connectivity index (χ0v) is 34.6. The number of anilines is 3. The number of benzene rings is 2. The smallest absolute Gasteiger partial charge is 0.329 e. The summed E-state index contributed by atoms with van der Waals surface area (Å²) in [5.74, 6) is 0.120. The number of hydrogen-bond acceptors (Lipinski definition) is 11. The van der Waals surface area contributed by atoms with Gasteiger partial charge in [-0.25, -0.2) is 24.1 Å². The van der Waals surface area contributed by atoms with Gasteiger partial charge in [-0.2, -0.15) is 4.98 Å². The van der Waals surface area contributed by atoms with E-state index in [0.29, 0.717) is 47.8 Å². The minimum Gasteiger partial charge on any atom is -0.384 e. The molecule has 2 aliphatic heterocycles. The van der Waals surface area contributed by atoms with Crippen molar-refractivity contribution in [3.63, 3.8) is 0 Å². The molecule has 0 spiro atoms. The molecule has 2 saturated heterocycles. The molecular formula is C45H51N11O5. The van der Waals surface area contributed by atoms with Crippen LogP contribution in [0.3, 0.4) is 0 Å². The molecule has 61 heavy (non-hydrogen) atoms. The second-order valence-electron chi connectivity index (χ2n) is 16.4. The molecular weight excluding hydrogens is 775 g/mol. The maximum atomic E-state index is 13.5. The lowest BCUT2D eigenvalue weighted by molar-refractivity contribution is -0.135. The third-order valence-corrected chi connectivity index (χ3v) is 12.7. The molecule has 2 aromatic carbocycles. The predicted molar refractivity (Wildman–Crippen MR) is 234 cm³/mol. The van der Waals surface area contributed by atoms with E-state index in [1.165, 1.54) is 0 Å². The molecule has 6 heterocycles. The second kappa shape index (κ2) is 16.2. The third-order valence-electron chi connectivity index (χ3n) is 12.7. The number of aliphatic hydroxyl groups is 1. The van der Waals surface area contributed by atoms with Crippen LogP contribution in [0.5, 0.6) is 0 Å². The fourth-order valence-electron chi connectivity index (χ4n) is 9.33. The van der Waals surface area contributed by atoms with Crippen molar-refractivity contribution in [1.82, 2.24) is 43.7 Å². The number of aromatic nitrogens is 7. The lowest BCUT2D eigenvalue weighted by Gasteiger charge is -2.36. The first-order valence-corrected chi connectivity index (χ1v) is 21.3. The van der Waals surface area contributed by atoms with Crippen molar-refractivity contribution in [2.45, 2.75) is 76.5 Å². The number of unbranched alkanes of at least 4 members (excludes halogenated alkanes) is 1. The molecule has 3 N–H and O–H groups in total. The Bertz CT molecular complexity index is 2790. The Hall–Kier alpha value is -6.39. The SMILES string of the molecule is C=CCn1c(=O)c2cnc(Nc3ccc(N4CCN(CCCCc5cccc6c5n(C)c(=O)n6C5CCC(=O)NC5=O)CC4)cc3)nc2n1-c1ccc2c(n1)[C@@](O)(CC)CC2. The summed E-state index contributed by atoms with van der Waals surface area (Å²) >= 11 is 0. The van der Waals surface area contributed by atoms with Gasteiger partial charge in [0.15, 0.2) is 11.5 Å². The summed E-state index contributed by atoms with van der Waals surface area (Å²) < 4.78 is 6.42. The Balaban J connectivity index is 0.813. The van der Waals surface area contributed by atoms with Gasteiger partial charge in [-0.1, -0.05) is 31.2 Å². The van der Waals surface area contributed by atoms with Crippen LogP contribution in [0.15, 0.2) is 83.0 Å². The molecule has 1 aliphatic carbocycles. The van der Waals surface area contributed by atoms with Crippen LogP contribution >= 0.6 is 0 Å². The van der Waals surface area contributed by atoms with Gasteiger partial charge >= 0.3 is 5.69 Å². The van der Waals surface area contributed by atoms with E-state index in [-0.39, 0.29) is 30.1 Å². The van der Waals surface area contributed by atoms with Crippen molar-refractivity contribution in [3.05, 3.63) is 111 Å². The Morgan fingerprint density at radius 2 is 1.79 bits per heavy atom. The van der Waals surface area contributed by atoms with Crippen molar-refractivity contribution in [2.75, 3.05) is 42.9 Å². The molecule has 2 fully saturated rings. The molecule has 4 aromatic heterocycles. The number of piperazine rings is 1. The first kappa shape index (κ1) is 40.0. The molecule has 3 aliphatic rings. The molecule has 16 nitrogen and oxygen atoms in total. The number of carbonyl (C=O) groups excluding carboxylic acids is 2. The van der Waals surface area contributed by atoms with Gasteiger partial charge in [-0.05, 0) is 99.0 Å². The van der Waals surface area contributed by atoms with Crippen LogP contribution in [-0.4, -0.2) is 88.0 Å². The van der Waals surface area contributed by atoms with E-state index >= 15 is 0 Å². The monoisotopic (exact) mass is 825 g/mol. The van der Waals surface area contributed by atoms with E-state index in [1.54, 1.807) is 37.8 Å². The summed E-state index contributed by atoms with van der Waals surface area (Å²) in [5, 5.41) is 17.3. The average Bonchev–Trinajstić information content (AvgIpc) is 3.85. The highest BCUT2D eigenvalue weighted by Crippen LogP contribution is 2.38. The first-order chi connectivity index (χ1) is 29.6. The first-order valence-electron chi connectivity index (χ1n) is 21.3. The van der Waals surface area contributed by atoms with E-state index in [1.807, 2.05) is 43.3 Å². The van der Waals surface area contributed by atoms with Crippen molar-refractivity contribution < 1.29 is 14.7 Å². The minimum absolute atomic E-state index is 0.216. The molecule has 1 unspecified atom stereocenters. The van der Waals surface area contributed by atoms with Gasteiger partial charge in [0.25, 0.3) is 5.56 Å². The lowest BCUT2D eigenvalue weighted by Crippen LogP contribution is -2.46. The maximum absolute atomic E-state index is 13.5. The van der Waals surface area contributed by atoms with Crippen LogP contribution in [0.25, 0.3) is 27.9 Å². The Morgan fingerprint density at radius 3 is 2.54 bits per heavy atom. The number of imidazole rings is 1. The van der Waals surface area contributed by atoms with Crippen LogP contribution in [-0.2, 0) is 41.6 Å². The number of pyridine rings is 1. The van der Waals surface area contributed by atoms with Crippen LogP contribution in [0.4, 0.5) is 17.3 Å². The van der Waals surface area contributed by atoms with Crippen molar-refractivity contribution >= 4 is 51.2 Å². The molecule has 2 atom stereocenters. The van der Waals surface area contributed by atoms with Gasteiger partial charge in [0.1, 0.15) is 17.0 Å². The maximum Gasteiger partial charge on any atom is 0.329 e. The molecule has 0 bridgehead atoms. The molecule has 9 rings (SSSR count). The highest BCUT2D eigenvalue weighted by Gasteiger charge is 2.37. The van der Waals surface area contributed by atoms with Crippen molar-refractivity contribution in [1.29, 1.82) is 0 Å². The average molecular weight is 826 g/mol. The summed E-state index contributed by atoms with van der Waals surface area (Å²) in [6, 6.07) is 17.3. The Labute approximate surface area is 352 Å². The van der Waals surface area contributed by atoms with Crippen LogP contribution in [0.2, 0.25) is 0 Å². The van der Waals surface area contributed by atoms with Gasteiger partial charge in [0.05, 0.1) is 23.3 Å². The zero-order chi connectivity index (χ0) is 42.4. The number of nitrogens with zero attached hydrogens (tertiary/aromatic N) is 9. The van der Waals surface area contributed by atoms with Gasteiger partial charge in [-0.15, -0.1) is 6.58 Å². The number of nitrogens with one attached hydrogen (secondary N) is 2. The fourth-order valence-corrected chi connectivity index (χ4v) is 9.33. The summed E-state index contributed by atoms with van der Waals surface area (Å²) in [4.78, 5) is 70.3. The molecule has 16 heteroatoms. The lowest BCUT2D eigenvalue weighted by atomic mass is 9.98. The van der Waals surface area contributed by atoms with Crippen molar-refractivity contribution in [3.8, 4) is 5.82 Å². The van der Waals surface area contributed by atoms with Crippen LogP contribution in [0.1, 0.15) is 68.3 Å². The summed E-state index contributed by atoms with van der Waals surface area (Å²) in [5.41, 5.74) is 5.20. The topological polar surface area (TPSA) is 177 Å². The number of amides is 2. The number of imide groups is 1. The summed E-state index contributed by atoms with van der Waals surface area (Å²) in [7, 11) is 1.75. The standard InChI is InChI=1S/C45H51N11O5/c1-4-22-54-42(59)33-28-46-43(50-40(33)56(54)36-18-12-30-20-21-45(61,5-2)39(30)48-36)47-31-13-15-32(16-14-31)53-26-24-52(25-27-53)23-7-6-9-29-10-8-11-34-38(29)51(3)44(60)55(34)35-17-19-37(57)49-41(35)58/h4,8,10-16,18,28,35,61H,1,5-7,9,17,19-27H2,2-3H3,(H,46,47,50)(H,49,57,58)/t35?,45-/m1/s1. The molecule has 0 saturated carbocycles. The minimum atomic E-state index is -0.999. The molecule has 2 amide bonds. The summed E-state index contributed by atoms with van der Waals surface area (Å²) in [6.07, 6.45) is 8.47. The zero-order valence-electron chi connectivity index (χ0n) is 34.6. The third kappa shape index (κ3) is 7.33. The number of carbonyl (C=O) groups is 2. The number of para-hydroxylation sites is 1. The summed E-state index contributed by atoms with van der Waals surface area (Å²) in [6.45, 7) is 10.8. The van der Waals surface area contributed by atoms with Crippen LogP contribution in [0, 0.1) is 0 Å².